The number of piperidine rings is 1. The molecule has 0 bridgehead atoms. The second-order valence-corrected chi connectivity index (χ2v) is 9.32. The van der Waals surface area contributed by atoms with E-state index in [-0.39, 0.29) is 5.78 Å². The highest BCUT2D eigenvalue weighted by Crippen LogP contribution is 2.46. The predicted octanol–water partition coefficient (Wildman–Crippen LogP) is 5.81. The maximum Gasteiger partial charge on any atom is 0.337 e. The van der Waals surface area contributed by atoms with E-state index in [0.29, 0.717) is 34.1 Å². The third-order valence-electron chi connectivity index (χ3n) is 6.96. The number of anilines is 3. The summed E-state index contributed by atoms with van der Waals surface area (Å²) in [6.45, 7) is 4.12. The number of ketones is 1. The van der Waals surface area contributed by atoms with Gasteiger partial charge in [0.15, 0.2) is 11.5 Å². The number of carbonyl (C=O) groups excluding carboxylic acids is 2. The molecular weight excluding hydrogens is 442 g/mol. The smallest absolute Gasteiger partial charge is 0.337 e. The summed E-state index contributed by atoms with van der Waals surface area (Å²) >= 11 is 0. The molecule has 35 heavy (non-hydrogen) atoms. The average molecular weight is 468 g/mol. The first-order valence-corrected chi connectivity index (χ1v) is 11.9. The van der Waals surface area contributed by atoms with Crippen LogP contribution < -0.4 is 10.2 Å². The minimum absolute atomic E-state index is 0.0615. The van der Waals surface area contributed by atoms with Crippen molar-refractivity contribution in [1.82, 2.24) is 5.16 Å². The molecule has 1 fully saturated rings. The van der Waals surface area contributed by atoms with E-state index < -0.39 is 5.97 Å². The quantitative estimate of drug-likeness (QED) is 0.334. The van der Waals surface area contributed by atoms with Crippen LogP contribution in [0.25, 0.3) is 22.2 Å². The lowest BCUT2D eigenvalue weighted by Gasteiger charge is -2.33. The number of methoxy groups -OCH3 is 1. The van der Waals surface area contributed by atoms with Crippen molar-refractivity contribution >= 4 is 39.7 Å². The number of hydrogen-bond acceptors (Lipinski definition) is 7. The highest BCUT2D eigenvalue weighted by molar-refractivity contribution is 6.28. The first-order valence-electron chi connectivity index (χ1n) is 11.9. The monoisotopic (exact) mass is 467 g/mol. The molecule has 4 aromatic rings. The molecule has 1 aliphatic heterocycles. The highest BCUT2D eigenvalue weighted by Gasteiger charge is 2.34. The summed E-state index contributed by atoms with van der Waals surface area (Å²) in [5.41, 5.74) is 5.53. The molecule has 7 nitrogen and oxygen atoms in total. The van der Waals surface area contributed by atoms with Crippen molar-refractivity contribution in [2.24, 2.45) is 5.92 Å². The molecule has 6 rings (SSSR count). The zero-order chi connectivity index (χ0) is 24.1. The van der Waals surface area contributed by atoms with E-state index in [0.717, 1.165) is 47.4 Å². The van der Waals surface area contributed by atoms with Crippen molar-refractivity contribution in [3.63, 3.8) is 0 Å². The minimum Gasteiger partial charge on any atom is -0.465 e. The predicted molar refractivity (Wildman–Crippen MR) is 135 cm³/mol. The largest absolute Gasteiger partial charge is 0.465 e. The lowest BCUT2D eigenvalue weighted by atomic mass is 9.86. The Morgan fingerprint density at radius 1 is 1.14 bits per heavy atom. The molecule has 0 spiro atoms. The van der Waals surface area contributed by atoms with Crippen LogP contribution in [0, 0.1) is 5.92 Å². The SMILES string of the molecule is COC(=O)c1ccc(Nc2cc(N3CCCC(C)C3)c3noc4c3c2C(=O)c2ccccc2-4)cc1. The van der Waals surface area contributed by atoms with Gasteiger partial charge in [0, 0.05) is 29.9 Å². The second-order valence-electron chi connectivity index (χ2n) is 9.32. The molecule has 0 radical (unpaired) electrons. The van der Waals surface area contributed by atoms with Gasteiger partial charge in [-0.15, -0.1) is 0 Å². The molecule has 1 atom stereocenters. The van der Waals surface area contributed by atoms with Gasteiger partial charge in [-0.25, -0.2) is 4.79 Å². The van der Waals surface area contributed by atoms with E-state index in [1.54, 1.807) is 12.1 Å². The first kappa shape index (κ1) is 21.4. The fourth-order valence-electron chi connectivity index (χ4n) is 5.25. The molecule has 0 amide bonds. The van der Waals surface area contributed by atoms with Crippen LogP contribution in [0.2, 0.25) is 0 Å². The Balaban J connectivity index is 1.53. The summed E-state index contributed by atoms with van der Waals surface area (Å²) in [7, 11) is 1.36. The van der Waals surface area contributed by atoms with Gasteiger partial charge in [-0.05, 0) is 49.1 Å². The number of fused-ring (bicyclic) bond motifs is 2. The summed E-state index contributed by atoms with van der Waals surface area (Å²) in [4.78, 5) is 27.9. The number of ether oxygens (including phenoxy) is 1. The number of nitrogens with one attached hydrogen (secondary N) is 1. The Labute approximate surface area is 202 Å². The van der Waals surface area contributed by atoms with Crippen LogP contribution in [0.15, 0.2) is 59.1 Å². The van der Waals surface area contributed by atoms with Crippen LogP contribution in [-0.4, -0.2) is 37.1 Å². The fourth-order valence-corrected chi connectivity index (χ4v) is 5.25. The molecular formula is C28H25N3O4. The van der Waals surface area contributed by atoms with Crippen molar-refractivity contribution < 1.29 is 18.8 Å². The number of carbonyl (C=O) groups is 2. The Hall–Kier alpha value is -4.13. The fraction of sp³-hybridized carbons (Fsp3) is 0.250. The van der Waals surface area contributed by atoms with Gasteiger partial charge >= 0.3 is 5.97 Å². The van der Waals surface area contributed by atoms with E-state index in [2.05, 4.69) is 22.3 Å². The molecule has 3 aromatic carbocycles. The summed E-state index contributed by atoms with van der Waals surface area (Å²) in [5, 5.41) is 8.65. The van der Waals surface area contributed by atoms with E-state index in [1.807, 2.05) is 42.5 Å². The number of aromatic nitrogens is 1. The molecule has 0 saturated carbocycles. The highest BCUT2D eigenvalue weighted by atomic mass is 16.5. The summed E-state index contributed by atoms with van der Waals surface area (Å²) < 4.78 is 10.7. The van der Waals surface area contributed by atoms with Crippen LogP contribution in [0.1, 0.15) is 46.0 Å². The molecule has 176 valence electrons. The molecule has 1 unspecified atom stereocenters. The van der Waals surface area contributed by atoms with Gasteiger partial charge in [-0.2, -0.15) is 0 Å². The molecule has 7 heteroatoms. The van der Waals surface area contributed by atoms with E-state index in [1.165, 1.54) is 13.5 Å². The lowest BCUT2D eigenvalue weighted by molar-refractivity contribution is 0.0600. The van der Waals surface area contributed by atoms with Crippen LogP contribution >= 0.6 is 0 Å². The Kier molecular flexibility index (Phi) is 5.06. The summed E-state index contributed by atoms with van der Waals surface area (Å²) in [5.74, 6) is 0.743. The molecule has 2 aliphatic rings. The molecule has 1 saturated heterocycles. The third-order valence-corrected chi connectivity index (χ3v) is 6.96. The Morgan fingerprint density at radius 2 is 1.91 bits per heavy atom. The minimum atomic E-state index is -0.393. The normalized spacial score (nSPS) is 16.8. The van der Waals surface area contributed by atoms with Gasteiger partial charge in [-0.1, -0.05) is 36.3 Å². The van der Waals surface area contributed by atoms with Gasteiger partial charge in [0.25, 0.3) is 0 Å². The van der Waals surface area contributed by atoms with Crippen LogP contribution in [0.5, 0.6) is 0 Å². The van der Waals surface area contributed by atoms with E-state index in [4.69, 9.17) is 9.26 Å². The van der Waals surface area contributed by atoms with Crippen molar-refractivity contribution in [2.75, 3.05) is 30.4 Å². The third kappa shape index (κ3) is 3.46. The summed E-state index contributed by atoms with van der Waals surface area (Å²) in [6, 6.07) is 16.5. The Morgan fingerprint density at radius 3 is 2.66 bits per heavy atom. The molecule has 1 aliphatic carbocycles. The van der Waals surface area contributed by atoms with Gasteiger partial charge in [0.1, 0.15) is 5.52 Å². The molecule has 2 heterocycles. The Bertz CT molecular complexity index is 1470. The summed E-state index contributed by atoms with van der Waals surface area (Å²) in [6.07, 6.45) is 2.31. The second kappa shape index (κ2) is 8.27. The number of nitrogens with zero attached hydrogens (tertiary/aromatic N) is 2. The molecule has 1 aromatic heterocycles. The number of rotatable bonds is 4. The lowest BCUT2D eigenvalue weighted by Crippen LogP contribution is -2.34. The van der Waals surface area contributed by atoms with Gasteiger partial charge in [-0.3, -0.25) is 4.79 Å². The van der Waals surface area contributed by atoms with Crippen molar-refractivity contribution in [3.8, 4) is 11.3 Å². The van der Waals surface area contributed by atoms with Crippen molar-refractivity contribution in [1.29, 1.82) is 0 Å². The van der Waals surface area contributed by atoms with E-state index >= 15 is 0 Å². The number of esters is 1. The maximum atomic E-state index is 13.7. The van der Waals surface area contributed by atoms with Gasteiger partial charge < -0.3 is 19.5 Å². The van der Waals surface area contributed by atoms with Gasteiger partial charge in [0.2, 0.25) is 0 Å². The zero-order valence-electron chi connectivity index (χ0n) is 19.6. The van der Waals surface area contributed by atoms with Crippen LogP contribution in [0.4, 0.5) is 17.1 Å². The van der Waals surface area contributed by atoms with Crippen molar-refractivity contribution in [2.45, 2.75) is 19.8 Å². The van der Waals surface area contributed by atoms with E-state index in [9.17, 15) is 9.59 Å². The topological polar surface area (TPSA) is 84.7 Å². The standard InChI is InChI=1S/C28H25N3O4/c1-16-6-5-13-31(15-16)22-14-21(29-18-11-9-17(10-12-18)28(33)34-2)23-24-25(22)30-35-27(24)20-8-4-3-7-19(20)26(23)32/h3-4,7-12,14,16,29H,5-6,13,15H2,1-2H3. The zero-order valence-corrected chi connectivity index (χ0v) is 19.6. The average Bonchev–Trinajstić information content (AvgIpc) is 3.33. The maximum absolute atomic E-state index is 13.7. The van der Waals surface area contributed by atoms with Crippen LogP contribution in [0.3, 0.4) is 0 Å². The first-order chi connectivity index (χ1) is 17.0. The van der Waals surface area contributed by atoms with Gasteiger partial charge in [0.05, 0.1) is 35.0 Å². The number of benzene rings is 3. The molecule has 1 N–H and O–H groups in total. The van der Waals surface area contributed by atoms with Crippen LogP contribution in [-0.2, 0) is 4.74 Å². The number of hydrogen-bond donors (Lipinski definition) is 1. The van der Waals surface area contributed by atoms with Crippen molar-refractivity contribution in [3.05, 3.63) is 71.3 Å².